The van der Waals surface area contributed by atoms with Crippen molar-refractivity contribution in [2.75, 3.05) is 0 Å². The molecule has 1 heterocycles. The van der Waals surface area contributed by atoms with Gasteiger partial charge >= 0.3 is 0 Å². The molecule has 0 aliphatic rings. The summed E-state index contributed by atoms with van der Waals surface area (Å²) >= 11 is 12.2. The second-order valence-electron chi connectivity index (χ2n) is 5.49. The van der Waals surface area contributed by atoms with Gasteiger partial charge in [0, 0.05) is 24.2 Å². The van der Waals surface area contributed by atoms with Crippen molar-refractivity contribution in [3.05, 3.63) is 56.8 Å². The fraction of sp³-hybridized carbons (Fsp3) is 0.188. The molecule has 3 rings (SSSR count). The highest BCUT2D eigenvalue weighted by atomic mass is 35.5. The third-order valence-electron chi connectivity index (χ3n) is 3.52. The molecule has 124 valence electrons. The first-order valence-electron chi connectivity index (χ1n) is 7.14. The van der Waals surface area contributed by atoms with E-state index in [4.69, 9.17) is 27.9 Å². The van der Waals surface area contributed by atoms with Crippen LogP contribution in [0.15, 0.2) is 36.7 Å². The number of benzene rings is 2. The summed E-state index contributed by atoms with van der Waals surface area (Å²) in [6, 6.07) is 8.07. The minimum atomic E-state index is -0.561. The van der Waals surface area contributed by atoms with E-state index in [0.29, 0.717) is 5.75 Å². The molecule has 0 spiro atoms. The van der Waals surface area contributed by atoms with Gasteiger partial charge in [0.05, 0.1) is 32.3 Å². The number of nitro benzene ring substituents is 1. The van der Waals surface area contributed by atoms with Crippen LogP contribution < -0.4 is 4.74 Å². The predicted octanol–water partition coefficient (Wildman–Crippen LogP) is 5.62. The molecular formula is C16H13Cl2N3O3. The number of rotatable bonds is 4. The number of nitrogens with zero attached hydrogens (tertiary/aromatic N) is 3. The molecule has 3 aromatic rings. The van der Waals surface area contributed by atoms with Crippen molar-refractivity contribution in [1.82, 2.24) is 9.55 Å². The molecule has 0 N–H and O–H groups in total. The molecule has 0 amide bonds. The van der Waals surface area contributed by atoms with E-state index in [-0.39, 0.29) is 27.5 Å². The number of imidazole rings is 1. The number of halogens is 2. The largest absolute Gasteiger partial charge is 0.454 e. The summed E-state index contributed by atoms with van der Waals surface area (Å²) in [7, 11) is 0. The highest BCUT2D eigenvalue weighted by Gasteiger charge is 2.17. The summed E-state index contributed by atoms with van der Waals surface area (Å²) in [5, 5.41) is 11.0. The third-order valence-corrected chi connectivity index (χ3v) is 4.08. The van der Waals surface area contributed by atoms with E-state index in [1.807, 2.05) is 16.7 Å². The Hall–Kier alpha value is -2.31. The molecular weight excluding hydrogens is 353 g/mol. The van der Waals surface area contributed by atoms with Crippen LogP contribution >= 0.6 is 23.2 Å². The summed E-state index contributed by atoms with van der Waals surface area (Å²) in [6.07, 6.45) is 1.77. The lowest BCUT2D eigenvalue weighted by molar-refractivity contribution is -0.384. The van der Waals surface area contributed by atoms with Gasteiger partial charge in [-0.3, -0.25) is 10.1 Å². The fourth-order valence-electron chi connectivity index (χ4n) is 2.35. The summed E-state index contributed by atoms with van der Waals surface area (Å²) in [5.74, 6) is 0.696. The van der Waals surface area contributed by atoms with Crippen LogP contribution in [-0.2, 0) is 0 Å². The summed E-state index contributed by atoms with van der Waals surface area (Å²) < 4.78 is 7.77. The minimum absolute atomic E-state index is 0.0756. The third kappa shape index (κ3) is 3.02. The van der Waals surface area contributed by atoms with E-state index in [9.17, 15) is 10.1 Å². The zero-order valence-electron chi connectivity index (χ0n) is 12.9. The monoisotopic (exact) mass is 365 g/mol. The Morgan fingerprint density at radius 1 is 1.21 bits per heavy atom. The van der Waals surface area contributed by atoms with Gasteiger partial charge in [-0.15, -0.1) is 0 Å². The maximum Gasteiger partial charge on any atom is 0.272 e. The molecule has 0 saturated heterocycles. The second-order valence-corrected chi connectivity index (χ2v) is 6.31. The Balaban J connectivity index is 2.01. The lowest BCUT2D eigenvalue weighted by Gasteiger charge is -2.11. The SMILES string of the molecule is CC(C)n1cnc2ccc(Oc3c(Cl)cc([N+](=O)[O-])cc3Cl)cc21. The molecule has 24 heavy (non-hydrogen) atoms. The minimum Gasteiger partial charge on any atom is -0.454 e. The van der Waals surface area contributed by atoms with Gasteiger partial charge in [0.15, 0.2) is 5.75 Å². The molecule has 0 aliphatic heterocycles. The quantitative estimate of drug-likeness (QED) is 0.444. The van der Waals surface area contributed by atoms with E-state index < -0.39 is 4.92 Å². The molecule has 0 fully saturated rings. The van der Waals surface area contributed by atoms with E-state index >= 15 is 0 Å². The van der Waals surface area contributed by atoms with Crippen molar-refractivity contribution in [2.24, 2.45) is 0 Å². The van der Waals surface area contributed by atoms with Gasteiger partial charge in [0.1, 0.15) is 5.75 Å². The number of fused-ring (bicyclic) bond motifs is 1. The predicted molar refractivity (Wildman–Crippen MR) is 93.3 cm³/mol. The molecule has 0 aliphatic carbocycles. The Bertz CT molecular complexity index is 914. The van der Waals surface area contributed by atoms with Crippen LogP contribution in [0, 0.1) is 10.1 Å². The van der Waals surface area contributed by atoms with Gasteiger partial charge in [-0.05, 0) is 26.0 Å². The second kappa shape index (κ2) is 6.30. The lowest BCUT2D eigenvalue weighted by atomic mass is 10.2. The van der Waals surface area contributed by atoms with Gasteiger partial charge in [-0.25, -0.2) is 4.98 Å². The van der Waals surface area contributed by atoms with Crippen molar-refractivity contribution in [1.29, 1.82) is 0 Å². The fourth-order valence-corrected chi connectivity index (χ4v) is 2.90. The first-order valence-corrected chi connectivity index (χ1v) is 7.90. The molecule has 6 nitrogen and oxygen atoms in total. The van der Waals surface area contributed by atoms with Gasteiger partial charge in [-0.1, -0.05) is 23.2 Å². The molecule has 0 unspecified atom stereocenters. The maximum atomic E-state index is 10.8. The van der Waals surface area contributed by atoms with Crippen molar-refractivity contribution in [3.8, 4) is 11.5 Å². The Labute approximate surface area is 147 Å². The molecule has 0 bridgehead atoms. The average molecular weight is 366 g/mol. The highest BCUT2D eigenvalue weighted by molar-refractivity contribution is 6.37. The van der Waals surface area contributed by atoms with E-state index in [1.54, 1.807) is 12.4 Å². The number of hydrogen-bond acceptors (Lipinski definition) is 4. The van der Waals surface area contributed by atoms with Crippen molar-refractivity contribution < 1.29 is 9.66 Å². The number of hydrogen-bond donors (Lipinski definition) is 0. The van der Waals surface area contributed by atoms with Crippen LogP contribution in [0.25, 0.3) is 11.0 Å². The molecule has 0 radical (unpaired) electrons. The summed E-state index contributed by atoms with van der Waals surface area (Å²) in [6.45, 7) is 4.11. The average Bonchev–Trinajstić information content (AvgIpc) is 2.93. The Morgan fingerprint density at radius 2 is 1.88 bits per heavy atom. The van der Waals surface area contributed by atoms with Gasteiger partial charge in [0.25, 0.3) is 5.69 Å². The van der Waals surface area contributed by atoms with Crippen LogP contribution in [0.1, 0.15) is 19.9 Å². The molecule has 1 aromatic heterocycles. The van der Waals surface area contributed by atoms with Gasteiger partial charge in [0.2, 0.25) is 0 Å². The number of non-ortho nitro benzene ring substituents is 1. The van der Waals surface area contributed by atoms with Gasteiger partial charge in [-0.2, -0.15) is 0 Å². The molecule has 0 saturated carbocycles. The molecule has 2 aromatic carbocycles. The zero-order valence-corrected chi connectivity index (χ0v) is 14.4. The maximum absolute atomic E-state index is 10.8. The summed E-state index contributed by atoms with van der Waals surface area (Å²) in [4.78, 5) is 14.6. The highest BCUT2D eigenvalue weighted by Crippen LogP contribution is 2.39. The number of nitro groups is 1. The summed E-state index contributed by atoms with van der Waals surface area (Å²) in [5.41, 5.74) is 1.57. The van der Waals surface area contributed by atoms with Crippen molar-refractivity contribution in [2.45, 2.75) is 19.9 Å². The van der Waals surface area contributed by atoms with Crippen LogP contribution in [0.3, 0.4) is 0 Å². The topological polar surface area (TPSA) is 70.2 Å². The van der Waals surface area contributed by atoms with Crippen molar-refractivity contribution in [3.63, 3.8) is 0 Å². The van der Waals surface area contributed by atoms with Crippen LogP contribution in [-0.4, -0.2) is 14.5 Å². The number of ether oxygens (including phenoxy) is 1. The van der Waals surface area contributed by atoms with Crippen LogP contribution in [0.5, 0.6) is 11.5 Å². The van der Waals surface area contributed by atoms with Crippen molar-refractivity contribution >= 4 is 39.9 Å². The van der Waals surface area contributed by atoms with Crippen LogP contribution in [0.4, 0.5) is 5.69 Å². The first-order chi connectivity index (χ1) is 11.4. The standard InChI is InChI=1S/C16H13Cl2N3O3/c1-9(2)20-8-19-14-4-3-11(7-15(14)20)24-16-12(17)5-10(21(22)23)6-13(16)18/h3-9H,1-2H3. The van der Waals surface area contributed by atoms with E-state index in [1.165, 1.54) is 12.1 Å². The lowest BCUT2D eigenvalue weighted by Crippen LogP contribution is -1.98. The molecule has 0 atom stereocenters. The zero-order chi connectivity index (χ0) is 17.4. The van der Waals surface area contributed by atoms with E-state index in [0.717, 1.165) is 11.0 Å². The normalized spacial score (nSPS) is 11.2. The Kier molecular flexibility index (Phi) is 4.34. The number of aromatic nitrogens is 2. The van der Waals surface area contributed by atoms with E-state index in [2.05, 4.69) is 18.8 Å². The Morgan fingerprint density at radius 3 is 2.46 bits per heavy atom. The van der Waals surface area contributed by atoms with Gasteiger partial charge < -0.3 is 9.30 Å². The van der Waals surface area contributed by atoms with Crippen LogP contribution in [0.2, 0.25) is 10.0 Å². The first kappa shape index (κ1) is 16.5. The smallest absolute Gasteiger partial charge is 0.272 e. The molecule has 8 heteroatoms.